The number of rotatable bonds is 10. The zero-order valence-electron chi connectivity index (χ0n) is 23.9. The molecule has 0 amide bonds. The van der Waals surface area contributed by atoms with Crippen LogP contribution in [-0.4, -0.2) is 37.1 Å². The van der Waals surface area contributed by atoms with Gasteiger partial charge in [-0.2, -0.15) is 0 Å². The molecule has 0 saturated carbocycles. The molecular formula is C37H39NO3. The van der Waals surface area contributed by atoms with E-state index in [1.54, 1.807) is 12.1 Å². The van der Waals surface area contributed by atoms with E-state index in [0.717, 1.165) is 35.4 Å². The van der Waals surface area contributed by atoms with Crippen molar-refractivity contribution in [3.8, 4) is 11.5 Å². The summed E-state index contributed by atoms with van der Waals surface area (Å²) in [6.45, 7) is 6.23. The van der Waals surface area contributed by atoms with Gasteiger partial charge in [0.2, 0.25) is 0 Å². The second-order valence-corrected chi connectivity index (χ2v) is 10.5. The lowest BCUT2D eigenvalue weighted by Crippen LogP contribution is -2.29. The van der Waals surface area contributed by atoms with E-state index in [2.05, 4.69) is 60.4 Å². The molecule has 0 aromatic heterocycles. The van der Waals surface area contributed by atoms with Crippen LogP contribution in [0.1, 0.15) is 66.1 Å². The van der Waals surface area contributed by atoms with E-state index in [1.807, 2.05) is 48.5 Å². The van der Waals surface area contributed by atoms with Crippen LogP contribution in [0.2, 0.25) is 0 Å². The predicted octanol–water partition coefficient (Wildman–Crippen LogP) is 8.53. The lowest BCUT2D eigenvalue weighted by Gasteiger charge is -2.20. The van der Waals surface area contributed by atoms with Gasteiger partial charge in [0.05, 0.1) is 5.56 Å². The van der Waals surface area contributed by atoms with Gasteiger partial charge in [-0.15, -0.1) is 0 Å². The van der Waals surface area contributed by atoms with Crippen LogP contribution in [0.25, 0.3) is 11.1 Å². The highest BCUT2D eigenvalue weighted by molar-refractivity contribution is 5.98. The van der Waals surface area contributed by atoms with Gasteiger partial charge < -0.3 is 9.47 Å². The fraction of sp³-hybridized carbons (Fsp3) is 0.270. The Hall–Kier alpha value is -4.15. The molecule has 1 saturated heterocycles. The molecule has 4 aromatic carbocycles. The first-order valence-electron chi connectivity index (χ1n) is 14.8. The Morgan fingerprint density at radius 1 is 0.634 bits per heavy atom. The first kappa shape index (κ1) is 28.4. The summed E-state index contributed by atoms with van der Waals surface area (Å²) in [5, 5.41) is 0. The highest BCUT2D eigenvalue weighted by Crippen LogP contribution is 2.35. The molecular weight excluding hydrogens is 506 g/mol. The average molecular weight is 546 g/mol. The zero-order valence-corrected chi connectivity index (χ0v) is 23.9. The molecule has 0 radical (unpaired) electrons. The van der Waals surface area contributed by atoms with Crippen molar-refractivity contribution in [1.29, 1.82) is 0 Å². The van der Waals surface area contributed by atoms with Crippen LogP contribution in [0.15, 0.2) is 109 Å². The Bertz CT molecular complexity index is 1400. The number of benzene rings is 4. The topological polar surface area (TPSA) is 38.8 Å². The summed E-state index contributed by atoms with van der Waals surface area (Å²) in [6, 6.07) is 35.9. The quantitative estimate of drug-likeness (QED) is 0.114. The standard InChI is InChI=1S/C37H39NO3/c1-2-35(29-13-7-5-8-14-29)36(31-19-23-34(24-20-31)41-37(39)32-15-9-6-10-16-32)30-17-21-33(22-18-30)40-28-27-38-25-11-3-4-12-26-38/h5-10,13-24H,2-4,11-12,25-28H2,1H3/b36-35-. The van der Waals surface area contributed by atoms with Gasteiger partial charge in [-0.25, -0.2) is 4.79 Å². The van der Waals surface area contributed by atoms with Gasteiger partial charge in [0, 0.05) is 6.54 Å². The minimum atomic E-state index is -0.362. The summed E-state index contributed by atoms with van der Waals surface area (Å²) in [7, 11) is 0. The summed E-state index contributed by atoms with van der Waals surface area (Å²) in [4.78, 5) is 15.1. The van der Waals surface area contributed by atoms with Gasteiger partial charge >= 0.3 is 5.97 Å². The van der Waals surface area contributed by atoms with Crippen LogP contribution >= 0.6 is 0 Å². The molecule has 5 rings (SSSR count). The van der Waals surface area contributed by atoms with Crippen molar-refractivity contribution in [2.75, 3.05) is 26.2 Å². The number of carbonyl (C=O) groups excluding carboxylic acids is 1. The monoisotopic (exact) mass is 545 g/mol. The van der Waals surface area contributed by atoms with Gasteiger partial charge in [0.15, 0.2) is 0 Å². The van der Waals surface area contributed by atoms with E-state index in [9.17, 15) is 4.79 Å². The number of allylic oxidation sites excluding steroid dienone is 1. The third kappa shape index (κ3) is 7.74. The van der Waals surface area contributed by atoms with Crippen LogP contribution in [0, 0.1) is 0 Å². The van der Waals surface area contributed by atoms with Gasteiger partial charge in [0.1, 0.15) is 18.1 Å². The number of hydrogen-bond donors (Lipinski definition) is 0. The van der Waals surface area contributed by atoms with Crippen LogP contribution in [0.3, 0.4) is 0 Å². The third-order valence-corrected chi connectivity index (χ3v) is 7.66. The Morgan fingerprint density at radius 2 is 1.17 bits per heavy atom. The molecule has 0 aliphatic carbocycles. The molecule has 4 heteroatoms. The van der Waals surface area contributed by atoms with Crippen molar-refractivity contribution < 1.29 is 14.3 Å². The van der Waals surface area contributed by atoms with Crippen molar-refractivity contribution in [1.82, 2.24) is 4.90 Å². The minimum absolute atomic E-state index is 0.362. The van der Waals surface area contributed by atoms with E-state index < -0.39 is 0 Å². The smallest absolute Gasteiger partial charge is 0.343 e. The third-order valence-electron chi connectivity index (χ3n) is 7.66. The summed E-state index contributed by atoms with van der Waals surface area (Å²) in [5.41, 5.74) is 6.34. The number of nitrogens with zero attached hydrogens (tertiary/aromatic N) is 1. The molecule has 0 spiro atoms. The molecule has 4 aromatic rings. The predicted molar refractivity (Wildman–Crippen MR) is 167 cm³/mol. The second-order valence-electron chi connectivity index (χ2n) is 10.5. The minimum Gasteiger partial charge on any atom is -0.492 e. The summed E-state index contributed by atoms with van der Waals surface area (Å²) < 4.78 is 11.8. The molecule has 4 nitrogen and oxygen atoms in total. The van der Waals surface area contributed by atoms with Gasteiger partial charge in [0.25, 0.3) is 0 Å². The molecule has 0 N–H and O–H groups in total. The van der Waals surface area contributed by atoms with Crippen molar-refractivity contribution in [3.63, 3.8) is 0 Å². The normalized spacial score (nSPS) is 14.6. The van der Waals surface area contributed by atoms with Gasteiger partial charge in [-0.1, -0.05) is 92.6 Å². The maximum Gasteiger partial charge on any atom is 0.343 e. The van der Waals surface area contributed by atoms with Crippen molar-refractivity contribution in [2.24, 2.45) is 0 Å². The lowest BCUT2D eigenvalue weighted by atomic mass is 9.88. The molecule has 0 atom stereocenters. The van der Waals surface area contributed by atoms with E-state index in [1.165, 1.54) is 49.9 Å². The number of esters is 1. The van der Waals surface area contributed by atoms with Crippen LogP contribution in [0.5, 0.6) is 11.5 Å². The Labute approximate surface area is 244 Å². The van der Waals surface area contributed by atoms with Gasteiger partial charge in [-0.05, 0) is 96.6 Å². The van der Waals surface area contributed by atoms with Crippen molar-refractivity contribution in [2.45, 2.75) is 39.0 Å². The van der Waals surface area contributed by atoms with Crippen LogP contribution in [0.4, 0.5) is 0 Å². The molecule has 0 unspecified atom stereocenters. The average Bonchev–Trinajstić information content (AvgIpc) is 3.31. The van der Waals surface area contributed by atoms with E-state index in [0.29, 0.717) is 17.9 Å². The number of ether oxygens (including phenoxy) is 2. The van der Waals surface area contributed by atoms with E-state index in [4.69, 9.17) is 9.47 Å². The fourth-order valence-corrected chi connectivity index (χ4v) is 5.48. The number of hydrogen-bond acceptors (Lipinski definition) is 4. The van der Waals surface area contributed by atoms with Crippen molar-refractivity contribution in [3.05, 3.63) is 131 Å². The summed E-state index contributed by atoms with van der Waals surface area (Å²) in [5.74, 6) is 1.05. The maximum absolute atomic E-state index is 12.6. The highest BCUT2D eigenvalue weighted by atomic mass is 16.5. The second kappa shape index (κ2) is 14.5. The first-order valence-corrected chi connectivity index (χ1v) is 14.8. The Morgan fingerprint density at radius 3 is 1.73 bits per heavy atom. The Balaban J connectivity index is 1.37. The summed E-state index contributed by atoms with van der Waals surface area (Å²) >= 11 is 0. The van der Waals surface area contributed by atoms with Crippen LogP contribution < -0.4 is 9.47 Å². The lowest BCUT2D eigenvalue weighted by molar-refractivity contribution is 0.0734. The highest BCUT2D eigenvalue weighted by Gasteiger charge is 2.15. The molecule has 210 valence electrons. The number of likely N-dealkylation sites (tertiary alicyclic amines) is 1. The maximum atomic E-state index is 12.6. The Kier molecular flexibility index (Phi) is 10.0. The van der Waals surface area contributed by atoms with Gasteiger partial charge in [-0.3, -0.25) is 4.90 Å². The number of carbonyl (C=O) groups is 1. The molecule has 1 aliphatic heterocycles. The van der Waals surface area contributed by atoms with Crippen molar-refractivity contribution >= 4 is 17.1 Å². The largest absolute Gasteiger partial charge is 0.492 e. The van der Waals surface area contributed by atoms with E-state index in [-0.39, 0.29) is 5.97 Å². The molecule has 41 heavy (non-hydrogen) atoms. The molecule has 1 heterocycles. The molecule has 1 fully saturated rings. The molecule has 0 bridgehead atoms. The van der Waals surface area contributed by atoms with E-state index >= 15 is 0 Å². The SMILES string of the molecule is CC/C(=C(\c1ccc(OCCN2CCCCCC2)cc1)c1ccc(OC(=O)c2ccccc2)cc1)c1ccccc1. The first-order chi connectivity index (χ1) is 20.2. The molecule has 1 aliphatic rings. The fourth-order valence-electron chi connectivity index (χ4n) is 5.48. The summed E-state index contributed by atoms with van der Waals surface area (Å²) in [6.07, 6.45) is 6.15. The zero-order chi connectivity index (χ0) is 28.3. The van der Waals surface area contributed by atoms with Crippen LogP contribution in [-0.2, 0) is 0 Å².